The van der Waals surface area contributed by atoms with Gasteiger partial charge in [0.1, 0.15) is 0 Å². The van der Waals surface area contributed by atoms with Crippen LogP contribution in [0.4, 0.5) is 0 Å². The molecule has 0 aromatic heterocycles. The first-order chi connectivity index (χ1) is 12.5. The number of aliphatic hydroxyl groups excluding tert-OH is 2. The monoisotopic (exact) mass is 372 g/mol. The lowest BCUT2D eigenvalue weighted by Gasteiger charge is -2.24. The van der Waals surface area contributed by atoms with Gasteiger partial charge in [-0.05, 0) is 55.2 Å². The molecule has 0 saturated heterocycles. The summed E-state index contributed by atoms with van der Waals surface area (Å²) in [6.45, 7) is 1.59. The van der Waals surface area contributed by atoms with Crippen molar-refractivity contribution in [3.05, 3.63) is 65.7 Å². The van der Waals surface area contributed by atoms with Crippen LogP contribution in [0.1, 0.15) is 24.5 Å². The van der Waals surface area contributed by atoms with Crippen LogP contribution in [0.2, 0.25) is 0 Å². The van der Waals surface area contributed by atoms with E-state index in [0.717, 1.165) is 17.7 Å². The van der Waals surface area contributed by atoms with E-state index >= 15 is 0 Å². The SMILES string of the molecule is C/C=C(\NC)c1ccc(Sc2ccc(CCC(N)(CO)CO)cc2)cc1. The number of aryl methyl sites for hydroxylation is 1. The van der Waals surface area contributed by atoms with E-state index < -0.39 is 5.54 Å². The third-order valence-corrected chi connectivity index (χ3v) is 5.44. The van der Waals surface area contributed by atoms with E-state index in [4.69, 9.17) is 5.73 Å². The Balaban J connectivity index is 1.97. The van der Waals surface area contributed by atoms with Crippen molar-refractivity contribution in [2.45, 2.75) is 35.1 Å². The van der Waals surface area contributed by atoms with Crippen LogP contribution >= 0.6 is 11.8 Å². The van der Waals surface area contributed by atoms with Gasteiger partial charge in [-0.25, -0.2) is 0 Å². The average Bonchev–Trinajstić information content (AvgIpc) is 2.69. The van der Waals surface area contributed by atoms with Crippen LogP contribution in [0.5, 0.6) is 0 Å². The molecule has 0 aliphatic rings. The highest BCUT2D eigenvalue weighted by molar-refractivity contribution is 7.99. The van der Waals surface area contributed by atoms with Crippen LogP contribution in [0.15, 0.2) is 64.4 Å². The van der Waals surface area contributed by atoms with Crippen LogP contribution in [-0.4, -0.2) is 36.0 Å². The molecule has 2 aromatic carbocycles. The number of allylic oxidation sites excluding steroid dienone is 1. The van der Waals surface area contributed by atoms with Gasteiger partial charge in [-0.2, -0.15) is 0 Å². The van der Waals surface area contributed by atoms with Gasteiger partial charge in [-0.1, -0.05) is 42.1 Å². The van der Waals surface area contributed by atoms with E-state index in [1.807, 2.05) is 14.0 Å². The summed E-state index contributed by atoms with van der Waals surface area (Å²) < 4.78 is 0. The number of rotatable bonds is 9. The first-order valence-electron chi connectivity index (χ1n) is 8.75. The Labute approximate surface area is 160 Å². The molecule has 2 rings (SSSR count). The first kappa shape index (κ1) is 20.5. The van der Waals surface area contributed by atoms with E-state index in [2.05, 4.69) is 59.9 Å². The van der Waals surface area contributed by atoms with Crippen LogP contribution in [0.3, 0.4) is 0 Å². The molecule has 0 fully saturated rings. The zero-order valence-electron chi connectivity index (χ0n) is 15.4. The van der Waals surface area contributed by atoms with Gasteiger partial charge in [0.2, 0.25) is 0 Å². The summed E-state index contributed by atoms with van der Waals surface area (Å²) in [6.07, 6.45) is 3.34. The van der Waals surface area contributed by atoms with E-state index in [1.54, 1.807) is 11.8 Å². The highest BCUT2D eigenvalue weighted by Crippen LogP contribution is 2.29. The molecule has 0 radical (unpaired) electrons. The van der Waals surface area contributed by atoms with E-state index in [9.17, 15) is 10.2 Å². The fraction of sp³-hybridized carbons (Fsp3) is 0.333. The van der Waals surface area contributed by atoms with E-state index in [1.165, 1.54) is 15.4 Å². The highest BCUT2D eigenvalue weighted by atomic mass is 32.2. The molecule has 0 heterocycles. The summed E-state index contributed by atoms with van der Waals surface area (Å²) >= 11 is 1.72. The molecule has 140 valence electrons. The van der Waals surface area contributed by atoms with Gasteiger partial charge in [0, 0.05) is 22.5 Å². The van der Waals surface area contributed by atoms with Crippen LogP contribution < -0.4 is 11.1 Å². The Kier molecular flexibility index (Phi) is 7.72. The van der Waals surface area contributed by atoms with Gasteiger partial charge in [0.05, 0.1) is 18.8 Å². The third-order valence-electron chi connectivity index (χ3n) is 4.42. The highest BCUT2D eigenvalue weighted by Gasteiger charge is 2.22. The van der Waals surface area contributed by atoms with Crippen molar-refractivity contribution in [3.8, 4) is 0 Å². The summed E-state index contributed by atoms with van der Waals surface area (Å²) in [5.41, 5.74) is 8.45. The van der Waals surface area contributed by atoms with E-state index in [-0.39, 0.29) is 13.2 Å². The molecule has 0 spiro atoms. The van der Waals surface area contributed by atoms with Crippen LogP contribution in [0.25, 0.3) is 5.70 Å². The largest absolute Gasteiger partial charge is 0.394 e. The normalized spacial score (nSPS) is 12.3. The Morgan fingerprint density at radius 2 is 1.58 bits per heavy atom. The van der Waals surface area contributed by atoms with Gasteiger partial charge in [0.25, 0.3) is 0 Å². The molecule has 0 saturated carbocycles. The molecule has 4 nitrogen and oxygen atoms in total. The third kappa shape index (κ3) is 5.61. The van der Waals surface area contributed by atoms with Gasteiger partial charge in [-0.3, -0.25) is 0 Å². The van der Waals surface area contributed by atoms with Gasteiger partial charge >= 0.3 is 0 Å². The lowest BCUT2D eigenvalue weighted by Crippen LogP contribution is -2.47. The van der Waals surface area contributed by atoms with Crippen molar-refractivity contribution in [3.63, 3.8) is 0 Å². The lowest BCUT2D eigenvalue weighted by atomic mass is 9.94. The van der Waals surface area contributed by atoms with Crippen LogP contribution in [-0.2, 0) is 6.42 Å². The van der Waals surface area contributed by atoms with Crippen molar-refractivity contribution < 1.29 is 10.2 Å². The van der Waals surface area contributed by atoms with Crippen molar-refractivity contribution in [2.24, 2.45) is 5.73 Å². The number of hydrogen-bond donors (Lipinski definition) is 4. The molecule has 5 heteroatoms. The molecule has 5 N–H and O–H groups in total. The molecular weight excluding hydrogens is 344 g/mol. The number of aliphatic hydroxyl groups is 2. The second kappa shape index (κ2) is 9.78. The minimum atomic E-state index is -0.908. The Bertz CT molecular complexity index is 708. The fourth-order valence-corrected chi connectivity index (χ4v) is 3.44. The zero-order chi connectivity index (χ0) is 19.0. The molecule has 26 heavy (non-hydrogen) atoms. The summed E-state index contributed by atoms with van der Waals surface area (Å²) in [7, 11) is 1.93. The van der Waals surface area contributed by atoms with Gasteiger partial charge in [-0.15, -0.1) is 0 Å². The van der Waals surface area contributed by atoms with Crippen molar-refractivity contribution >= 4 is 17.5 Å². The summed E-state index contributed by atoms with van der Waals surface area (Å²) in [5.74, 6) is 0. The topological polar surface area (TPSA) is 78.5 Å². The fourth-order valence-electron chi connectivity index (χ4n) is 2.62. The summed E-state index contributed by atoms with van der Waals surface area (Å²) in [4.78, 5) is 2.36. The molecule has 0 unspecified atom stereocenters. The maximum absolute atomic E-state index is 9.26. The number of benzene rings is 2. The minimum Gasteiger partial charge on any atom is -0.394 e. The van der Waals surface area contributed by atoms with Gasteiger partial charge < -0.3 is 21.3 Å². The number of nitrogens with two attached hydrogens (primary N) is 1. The lowest BCUT2D eigenvalue weighted by molar-refractivity contribution is 0.115. The summed E-state index contributed by atoms with van der Waals surface area (Å²) in [6, 6.07) is 16.8. The van der Waals surface area contributed by atoms with Crippen molar-refractivity contribution in [1.82, 2.24) is 5.32 Å². The quantitative estimate of drug-likeness (QED) is 0.544. The zero-order valence-corrected chi connectivity index (χ0v) is 16.2. The minimum absolute atomic E-state index is 0.212. The smallest absolute Gasteiger partial charge is 0.0633 e. The molecular formula is C21H28N2O2S. The molecule has 0 atom stereocenters. The predicted molar refractivity (Wildman–Crippen MR) is 109 cm³/mol. The maximum Gasteiger partial charge on any atom is 0.0633 e. The Hall–Kier alpha value is -1.79. The Morgan fingerprint density at radius 1 is 1.04 bits per heavy atom. The van der Waals surface area contributed by atoms with Crippen molar-refractivity contribution in [1.29, 1.82) is 0 Å². The molecule has 0 bridgehead atoms. The first-order valence-corrected chi connectivity index (χ1v) is 9.57. The summed E-state index contributed by atoms with van der Waals surface area (Å²) in [5, 5.41) is 21.7. The molecule has 0 amide bonds. The second-order valence-corrected chi connectivity index (χ2v) is 7.55. The predicted octanol–water partition coefficient (Wildman–Crippen LogP) is 3.03. The van der Waals surface area contributed by atoms with Gasteiger partial charge in [0.15, 0.2) is 0 Å². The molecule has 0 aliphatic heterocycles. The average molecular weight is 373 g/mol. The van der Waals surface area contributed by atoms with Crippen LogP contribution in [0, 0.1) is 0 Å². The second-order valence-electron chi connectivity index (χ2n) is 6.40. The Morgan fingerprint density at radius 3 is 2.04 bits per heavy atom. The maximum atomic E-state index is 9.26. The number of nitrogens with one attached hydrogen (secondary N) is 1. The van der Waals surface area contributed by atoms with Crippen molar-refractivity contribution in [2.75, 3.05) is 20.3 Å². The molecule has 0 aliphatic carbocycles. The number of hydrogen-bond acceptors (Lipinski definition) is 5. The standard InChI is InChI=1S/C21H28N2O2S/c1-3-20(23-2)17-6-10-19(11-7-17)26-18-8-4-16(5-9-18)12-13-21(22,14-24)15-25/h3-11,23-25H,12-15,22H2,1-2H3/b20-3-. The van der Waals surface area contributed by atoms with E-state index in [0.29, 0.717) is 6.42 Å². The molecule has 2 aromatic rings.